The van der Waals surface area contributed by atoms with Crippen LogP contribution in [-0.2, 0) is 11.5 Å². The van der Waals surface area contributed by atoms with E-state index in [1.165, 1.54) is 6.20 Å². The minimum Gasteiger partial charge on any atom is -0.436 e. The third kappa shape index (κ3) is 3.43. The number of hydrogen-bond donors (Lipinski definition) is 1. The molecule has 2 heterocycles. The fourth-order valence-corrected chi connectivity index (χ4v) is 3.12. The van der Waals surface area contributed by atoms with Crippen LogP contribution in [0.2, 0.25) is 0 Å². The first-order chi connectivity index (χ1) is 12.8. The van der Waals surface area contributed by atoms with E-state index < -0.39 is 5.11 Å². The van der Waals surface area contributed by atoms with Gasteiger partial charge in [0.2, 0.25) is 17.5 Å². The van der Waals surface area contributed by atoms with Gasteiger partial charge in [0.15, 0.2) is 5.89 Å². The largest absolute Gasteiger partial charge is 0.436 e. The highest BCUT2D eigenvalue weighted by atomic mass is 16.5. The normalized spacial score (nSPS) is 16.3. The van der Waals surface area contributed by atoms with Crippen molar-refractivity contribution in [2.45, 2.75) is 30.9 Å². The first-order valence-corrected chi connectivity index (χ1v) is 8.38. The molecule has 6 radical (unpaired) electrons. The second-order valence-corrected chi connectivity index (χ2v) is 6.58. The van der Waals surface area contributed by atoms with Gasteiger partial charge in [0.05, 0.1) is 35.8 Å². The standard InChI is InChI=1S/C17H13B3N4O3/c1-8-21-7-13(26-8)15(25)22-12-5-3-9-6-10(2-4-11(9)12)14-23-16(27-24-14)17(18,19)20/h2,4,6-7,12H,3,5H2,1H3,(H,22,25)/t12-/m1/s1. The van der Waals surface area contributed by atoms with Gasteiger partial charge in [0, 0.05) is 12.5 Å². The van der Waals surface area contributed by atoms with E-state index in [0.29, 0.717) is 11.7 Å². The highest BCUT2D eigenvalue weighted by molar-refractivity contribution is 6.58. The molecule has 0 bridgehead atoms. The third-order valence-corrected chi connectivity index (χ3v) is 4.43. The molecule has 1 N–H and O–H groups in total. The number of aromatic nitrogens is 3. The zero-order valence-electron chi connectivity index (χ0n) is 14.6. The molecular weight excluding hydrogens is 341 g/mol. The molecule has 1 atom stereocenters. The maximum absolute atomic E-state index is 12.3. The molecule has 128 valence electrons. The van der Waals surface area contributed by atoms with Crippen LogP contribution >= 0.6 is 0 Å². The predicted octanol–water partition coefficient (Wildman–Crippen LogP) is 1.07. The number of fused-ring (bicyclic) bond motifs is 1. The van der Waals surface area contributed by atoms with Crippen molar-refractivity contribution in [3.05, 3.63) is 53.1 Å². The van der Waals surface area contributed by atoms with Gasteiger partial charge in [-0.25, -0.2) is 4.98 Å². The number of nitrogens with one attached hydrogen (secondary N) is 1. The fourth-order valence-electron chi connectivity index (χ4n) is 3.12. The first-order valence-electron chi connectivity index (χ1n) is 8.38. The lowest BCUT2D eigenvalue weighted by Crippen LogP contribution is -2.27. The summed E-state index contributed by atoms with van der Waals surface area (Å²) in [5.41, 5.74) is 2.89. The summed E-state index contributed by atoms with van der Waals surface area (Å²) in [6.07, 6.45) is 3.01. The van der Waals surface area contributed by atoms with Crippen LogP contribution in [-0.4, -0.2) is 44.6 Å². The van der Waals surface area contributed by atoms with Gasteiger partial charge in [-0.1, -0.05) is 22.4 Å². The molecule has 0 saturated heterocycles. The second kappa shape index (κ2) is 6.44. The number of oxazole rings is 1. The van der Waals surface area contributed by atoms with Crippen LogP contribution in [0.1, 0.15) is 45.9 Å². The number of amides is 1. The molecular formula is C17H13B3N4O3. The Hall–Kier alpha value is -2.77. The van der Waals surface area contributed by atoms with Gasteiger partial charge in [-0.15, -0.1) is 0 Å². The number of carbonyl (C=O) groups excluding carboxylic acids is 1. The van der Waals surface area contributed by atoms with Crippen molar-refractivity contribution in [3.8, 4) is 11.4 Å². The monoisotopic (exact) mass is 354 g/mol. The highest BCUT2D eigenvalue weighted by Gasteiger charge is 2.27. The van der Waals surface area contributed by atoms with Crippen molar-refractivity contribution >= 4 is 29.4 Å². The molecule has 1 amide bonds. The van der Waals surface area contributed by atoms with Gasteiger partial charge < -0.3 is 14.3 Å². The smallest absolute Gasteiger partial charge is 0.289 e. The SMILES string of the molecule is [B]C([B])([B])c1nc(-c2ccc3c(c2)CC[C@H]3NC(=O)c2cnc(C)o2)no1. The summed E-state index contributed by atoms with van der Waals surface area (Å²) < 4.78 is 10.3. The van der Waals surface area contributed by atoms with Gasteiger partial charge >= 0.3 is 0 Å². The minimum atomic E-state index is -1.68. The van der Waals surface area contributed by atoms with Crippen molar-refractivity contribution in [3.63, 3.8) is 0 Å². The molecule has 10 heteroatoms. The van der Waals surface area contributed by atoms with Gasteiger partial charge in [0.25, 0.3) is 5.91 Å². The van der Waals surface area contributed by atoms with Crippen molar-refractivity contribution in [2.75, 3.05) is 0 Å². The molecule has 0 saturated carbocycles. The average Bonchev–Trinajstić information content (AvgIpc) is 3.33. The molecule has 0 fully saturated rings. The van der Waals surface area contributed by atoms with Crippen molar-refractivity contribution in [1.29, 1.82) is 0 Å². The molecule has 7 nitrogen and oxygen atoms in total. The second-order valence-electron chi connectivity index (χ2n) is 6.58. The van der Waals surface area contributed by atoms with Crippen LogP contribution in [0.5, 0.6) is 0 Å². The highest BCUT2D eigenvalue weighted by Crippen LogP contribution is 2.34. The van der Waals surface area contributed by atoms with E-state index in [4.69, 9.17) is 32.5 Å². The summed E-state index contributed by atoms with van der Waals surface area (Å²) in [5, 5.41) is 5.16. The van der Waals surface area contributed by atoms with Gasteiger partial charge in [-0.2, -0.15) is 4.98 Å². The molecule has 0 spiro atoms. The van der Waals surface area contributed by atoms with Crippen molar-refractivity contribution in [2.24, 2.45) is 0 Å². The number of hydrogen-bond acceptors (Lipinski definition) is 6. The zero-order chi connectivity index (χ0) is 19.2. The molecule has 2 aromatic heterocycles. The van der Waals surface area contributed by atoms with Crippen LogP contribution in [0, 0.1) is 6.92 Å². The average molecular weight is 354 g/mol. The molecule has 0 aliphatic heterocycles. The van der Waals surface area contributed by atoms with Crippen LogP contribution in [0.15, 0.2) is 33.3 Å². The predicted molar refractivity (Wildman–Crippen MR) is 98.4 cm³/mol. The number of benzene rings is 1. The van der Waals surface area contributed by atoms with Gasteiger partial charge in [-0.3, -0.25) is 4.79 Å². The first kappa shape index (κ1) is 17.6. The zero-order valence-corrected chi connectivity index (χ0v) is 14.6. The number of aryl methyl sites for hydroxylation is 2. The maximum Gasteiger partial charge on any atom is 0.289 e. The third-order valence-electron chi connectivity index (χ3n) is 4.43. The van der Waals surface area contributed by atoms with E-state index in [9.17, 15) is 4.79 Å². The van der Waals surface area contributed by atoms with E-state index in [1.54, 1.807) is 6.92 Å². The Morgan fingerprint density at radius 1 is 1.33 bits per heavy atom. The van der Waals surface area contributed by atoms with Crippen LogP contribution in [0.25, 0.3) is 11.4 Å². The number of rotatable bonds is 4. The van der Waals surface area contributed by atoms with Crippen LogP contribution in [0.3, 0.4) is 0 Å². The van der Waals surface area contributed by atoms with E-state index in [2.05, 4.69) is 20.4 Å². The van der Waals surface area contributed by atoms with E-state index >= 15 is 0 Å². The number of carbonyl (C=O) groups is 1. The molecule has 1 aromatic carbocycles. The van der Waals surface area contributed by atoms with Crippen LogP contribution < -0.4 is 5.32 Å². The minimum absolute atomic E-state index is 0.0505. The van der Waals surface area contributed by atoms with E-state index in [1.807, 2.05) is 18.2 Å². The Morgan fingerprint density at radius 2 is 2.15 bits per heavy atom. The van der Waals surface area contributed by atoms with Crippen molar-refractivity contribution < 1.29 is 13.7 Å². The molecule has 0 unspecified atom stereocenters. The molecule has 4 rings (SSSR count). The Labute approximate surface area is 159 Å². The molecule has 1 aliphatic carbocycles. The molecule has 1 aliphatic rings. The molecule has 27 heavy (non-hydrogen) atoms. The lowest BCUT2D eigenvalue weighted by molar-refractivity contribution is 0.0907. The summed E-state index contributed by atoms with van der Waals surface area (Å²) in [6.45, 7) is 1.69. The topological polar surface area (TPSA) is 94.1 Å². The van der Waals surface area contributed by atoms with E-state index in [-0.39, 0.29) is 23.6 Å². The Balaban J connectivity index is 1.54. The maximum atomic E-state index is 12.3. The summed E-state index contributed by atoms with van der Waals surface area (Å²) in [5.74, 6) is 0.664. The van der Waals surface area contributed by atoms with Gasteiger partial charge in [-0.05, 0) is 30.0 Å². The summed E-state index contributed by atoms with van der Waals surface area (Å²) in [4.78, 5) is 20.4. The van der Waals surface area contributed by atoms with Crippen LogP contribution in [0.4, 0.5) is 0 Å². The van der Waals surface area contributed by atoms with Crippen molar-refractivity contribution in [1.82, 2.24) is 20.4 Å². The Bertz CT molecular complexity index is 1010. The Kier molecular flexibility index (Phi) is 4.21. The summed E-state index contributed by atoms with van der Waals surface area (Å²) >= 11 is 0. The summed E-state index contributed by atoms with van der Waals surface area (Å²) in [6, 6.07) is 5.64. The lowest BCUT2D eigenvalue weighted by atomic mass is 9.42. The van der Waals surface area contributed by atoms with E-state index in [0.717, 1.165) is 29.5 Å². The Morgan fingerprint density at radius 3 is 2.81 bits per heavy atom. The molecule has 3 aromatic rings. The van der Waals surface area contributed by atoms with Gasteiger partial charge in [0.1, 0.15) is 0 Å². The lowest BCUT2D eigenvalue weighted by Gasteiger charge is -2.13. The summed E-state index contributed by atoms with van der Waals surface area (Å²) in [7, 11) is 16.7. The number of nitrogens with zero attached hydrogens (tertiary/aromatic N) is 3. The fraction of sp³-hybridized carbons (Fsp3) is 0.294. The quantitative estimate of drug-likeness (QED) is 0.705.